The fourth-order valence-electron chi connectivity index (χ4n) is 4.04. The minimum Gasteiger partial charge on any atom is -0.342 e. The topological polar surface area (TPSA) is 51.0 Å². The Balaban J connectivity index is 1.31. The summed E-state index contributed by atoms with van der Waals surface area (Å²) in [5.74, 6) is 2.03. The van der Waals surface area contributed by atoms with Crippen LogP contribution in [0.15, 0.2) is 59.8 Å². The fraction of sp³-hybridized carbons (Fsp3) is 0.375. The fourth-order valence-corrected chi connectivity index (χ4v) is 5.08. The molecule has 7 heteroatoms. The van der Waals surface area contributed by atoms with Crippen LogP contribution in [0, 0.1) is 5.92 Å². The Labute approximate surface area is 192 Å². The summed E-state index contributed by atoms with van der Waals surface area (Å²) in [4.78, 5) is 14.8. The van der Waals surface area contributed by atoms with Crippen LogP contribution in [0.4, 0.5) is 0 Å². The van der Waals surface area contributed by atoms with Crippen molar-refractivity contribution >= 4 is 29.3 Å². The molecule has 0 bridgehead atoms. The summed E-state index contributed by atoms with van der Waals surface area (Å²) in [7, 11) is 0. The van der Waals surface area contributed by atoms with Crippen LogP contribution in [-0.2, 0) is 17.8 Å². The smallest absolute Gasteiger partial charge is 0.233 e. The summed E-state index contributed by atoms with van der Waals surface area (Å²) in [5, 5.41) is 10.2. The van der Waals surface area contributed by atoms with Crippen LogP contribution in [0.3, 0.4) is 0 Å². The second kappa shape index (κ2) is 10.3. The lowest BCUT2D eigenvalue weighted by atomic mass is 9.90. The van der Waals surface area contributed by atoms with Gasteiger partial charge in [-0.1, -0.05) is 53.7 Å². The van der Waals surface area contributed by atoms with Gasteiger partial charge < -0.3 is 9.47 Å². The van der Waals surface area contributed by atoms with Gasteiger partial charge in [-0.15, -0.1) is 10.2 Å². The number of nitrogens with zero attached hydrogens (tertiary/aromatic N) is 4. The minimum atomic E-state index is 0.182. The Kier molecular flexibility index (Phi) is 7.30. The van der Waals surface area contributed by atoms with Gasteiger partial charge >= 0.3 is 0 Å². The standard InChI is InChI=1S/C24H27ClN4OS/c1-2-29-23(20-8-10-21(25)11-9-20)26-27-24(29)31-17-22(30)28-14-12-19(13-15-28)16-18-6-4-3-5-7-18/h3-11,19H,2,12-17H2,1H3. The molecule has 1 aromatic heterocycles. The largest absolute Gasteiger partial charge is 0.342 e. The molecular weight excluding hydrogens is 428 g/mol. The van der Waals surface area contributed by atoms with E-state index in [1.54, 1.807) is 0 Å². The van der Waals surface area contributed by atoms with Gasteiger partial charge in [-0.25, -0.2) is 0 Å². The average molecular weight is 455 g/mol. The lowest BCUT2D eigenvalue weighted by Crippen LogP contribution is -2.39. The third-order valence-electron chi connectivity index (χ3n) is 5.79. The Morgan fingerprint density at radius 3 is 2.45 bits per heavy atom. The van der Waals surface area contributed by atoms with Crippen LogP contribution in [0.25, 0.3) is 11.4 Å². The van der Waals surface area contributed by atoms with E-state index in [0.29, 0.717) is 16.7 Å². The van der Waals surface area contributed by atoms with Crippen molar-refractivity contribution in [3.05, 3.63) is 65.2 Å². The van der Waals surface area contributed by atoms with Gasteiger partial charge in [-0.05, 0) is 61.9 Å². The zero-order valence-corrected chi connectivity index (χ0v) is 19.3. The highest BCUT2D eigenvalue weighted by atomic mass is 35.5. The van der Waals surface area contributed by atoms with Crippen LogP contribution in [-0.4, -0.2) is 44.4 Å². The predicted molar refractivity (Wildman–Crippen MR) is 126 cm³/mol. The predicted octanol–water partition coefficient (Wildman–Crippen LogP) is 5.19. The first-order valence-electron chi connectivity index (χ1n) is 10.8. The number of benzene rings is 2. The number of halogens is 1. The third-order valence-corrected chi connectivity index (χ3v) is 7.00. The van der Waals surface area contributed by atoms with Gasteiger partial charge in [0.1, 0.15) is 0 Å². The highest BCUT2D eigenvalue weighted by Crippen LogP contribution is 2.26. The molecule has 0 saturated carbocycles. The average Bonchev–Trinajstić information content (AvgIpc) is 3.22. The number of aromatic nitrogens is 3. The second-order valence-electron chi connectivity index (χ2n) is 7.86. The first-order valence-corrected chi connectivity index (χ1v) is 12.1. The summed E-state index contributed by atoms with van der Waals surface area (Å²) in [6.45, 7) is 4.49. The van der Waals surface area contributed by atoms with Gasteiger partial charge in [0, 0.05) is 30.2 Å². The lowest BCUT2D eigenvalue weighted by molar-refractivity contribution is -0.129. The van der Waals surface area contributed by atoms with E-state index in [0.717, 1.165) is 55.4 Å². The number of rotatable bonds is 7. The molecule has 2 aromatic carbocycles. The van der Waals surface area contributed by atoms with E-state index in [4.69, 9.17) is 11.6 Å². The Morgan fingerprint density at radius 2 is 1.77 bits per heavy atom. The van der Waals surface area contributed by atoms with Crippen molar-refractivity contribution in [3.63, 3.8) is 0 Å². The number of amides is 1. The normalized spacial score (nSPS) is 14.7. The van der Waals surface area contributed by atoms with E-state index in [2.05, 4.69) is 47.5 Å². The van der Waals surface area contributed by atoms with Gasteiger partial charge in [-0.3, -0.25) is 4.79 Å². The molecule has 0 radical (unpaired) electrons. The molecule has 1 aliphatic rings. The lowest BCUT2D eigenvalue weighted by Gasteiger charge is -2.32. The third kappa shape index (κ3) is 5.49. The van der Waals surface area contributed by atoms with Crippen LogP contribution < -0.4 is 0 Å². The maximum Gasteiger partial charge on any atom is 0.233 e. The molecule has 162 valence electrons. The molecule has 4 rings (SSSR count). The van der Waals surface area contributed by atoms with Gasteiger partial charge in [0.2, 0.25) is 5.91 Å². The van der Waals surface area contributed by atoms with Crippen molar-refractivity contribution in [2.75, 3.05) is 18.8 Å². The maximum absolute atomic E-state index is 12.8. The molecule has 0 unspecified atom stereocenters. The first-order chi connectivity index (χ1) is 15.1. The van der Waals surface area contributed by atoms with E-state index < -0.39 is 0 Å². The molecule has 0 N–H and O–H groups in total. The highest BCUT2D eigenvalue weighted by molar-refractivity contribution is 7.99. The zero-order valence-electron chi connectivity index (χ0n) is 17.7. The summed E-state index contributed by atoms with van der Waals surface area (Å²) >= 11 is 7.46. The molecule has 2 heterocycles. The number of piperidine rings is 1. The number of thioether (sulfide) groups is 1. The van der Waals surface area contributed by atoms with Crippen molar-refractivity contribution < 1.29 is 4.79 Å². The summed E-state index contributed by atoms with van der Waals surface area (Å²) < 4.78 is 2.05. The number of hydrogen-bond acceptors (Lipinski definition) is 4. The van der Waals surface area contributed by atoms with Crippen molar-refractivity contribution in [1.82, 2.24) is 19.7 Å². The zero-order chi connectivity index (χ0) is 21.6. The van der Waals surface area contributed by atoms with E-state index in [1.807, 2.05) is 33.7 Å². The Morgan fingerprint density at radius 1 is 1.06 bits per heavy atom. The van der Waals surface area contributed by atoms with Gasteiger partial charge in [-0.2, -0.15) is 0 Å². The van der Waals surface area contributed by atoms with Gasteiger partial charge in [0.25, 0.3) is 0 Å². The number of carbonyl (C=O) groups is 1. The maximum atomic E-state index is 12.8. The first kappa shape index (κ1) is 21.9. The highest BCUT2D eigenvalue weighted by Gasteiger charge is 2.24. The van der Waals surface area contributed by atoms with E-state index >= 15 is 0 Å². The SMILES string of the molecule is CCn1c(SCC(=O)N2CCC(Cc3ccccc3)CC2)nnc1-c1ccc(Cl)cc1. The van der Waals surface area contributed by atoms with Crippen LogP contribution >= 0.6 is 23.4 Å². The molecule has 1 aliphatic heterocycles. The summed E-state index contributed by atoms with van der Waals surface area (Å²) in [6, 6.07) is 18.2. The van der Waals surface area contributed by atoms with Crippen molar-refractivity contribution in [2.24, 2.45) is 5.92 Å². The van der Waals surface area contributed by atoms with Crippen LogP contribution in [0.2, 0.25) is 5.02 Å². The quantitative estimate of drug-likeness (QED) is 0.461. The molecule has 5 nitrogen and oxygen atoms in total. The molecule has 1 amide bonds. The van der Waals surface area contributed by atoms with Crippen molar-refractivity contribution in [2.45, 2.75) is 37.9 Å². The van der Waals surface area contributed by atoms with E-state index in [1.165, 1.54) is 17.3 Å². The number of hydrogen-bond donors (Lipinski definition) is 0. The van der Waals surface area contributed by atoms with Crippen molar-refractivity contribution in [3.8, 4) is 11.4 Å². The molecule has 1 saturated heterocycles. The number of likely N-dealkylation sites (tertiary alicyclic amines) is 1. The molecule has 0 atom stereocenters. The molecule has 3 aromatic rings. The molecule has 0 aliphatic carbocycles. The molecule has 0 spiro atoms. The van der Waals surface area contributed by atoms with Gasteiger partial charge in [0.05, 0.1) is 5.75 Å². The molecule has 31 heavy (non-hydrogen) atoms. The van der Waals surface area contributed by atoms with E-state index in [-0.39, 0.29) is 5.91 Å². The second-order valence-corrected chi connectivity index (χ2v) is 9.24. The molecular formula is C24H27ClN4OS. The summed E-state index contributed by atoms with van der Waals surface area (Å²) in [5.41, 5.74) is 2.36. The monoisotopic (exact) mass is 454 g/mol. The molecule has 1 fully saturated rings. The number of carbonyl (C=O) groups excluding carboxylic acids is 1. The van der Waals surface area contributed by atoms with Crippen LogP contribution in [0.5, 0.6) is 0 Å². The van der Waals surface area contributed by atoms with Crippen LogP contribution in [0.1, 0.15) is 25.3 Å². The minimum absolute atomic E-state index is 0.182. The van der Waals surface area contributed by atoms with Gasteiger partial charge in [0.15, 0.2) is 11.0 Å². The van der Waals surface area contributed by atoms with Crippen molar-refractivity contribution in [1.29, 1.82) is 0 Å². The summed E-state index contributed by atoms with van der Waals surface area (Å²) in [6.07, 6.45) is 3.24. The van der Waals surface area contributed by atoms with E-state index in [9.17, 15) is 4.79 Å². The Hall–Kier alpha value is -2.31. The Bertz CT molecular complexity index is 998.